The largest absolute Gasteiger partial charge is 0.117 e. The minimum Gasteiger partial charge on any atom is -0.117 e. The van der Waals surface area contributed by atoms with E-state index >= 15 is 0 Å². The van der Waals surface area contributed by atoms with Crippen molar-refractivity contribution in [1.82, 2.24) is 0 Å². The lowest BCUT2D eigenvalue weighted by atomic mass is 9.75. The topological polar surface area (TPSA) is 0 Å². The number of aryl methyl sites for hydroxylation is 2. The zero-order valence-electron chi connectivity index (χ0n) is 26.9. The van der Waals surface area contributed by atoms with Crippen molar-refractivity contribution in [1.29, 1.82) is 0 Å². The van der Waals surface area contributed by atoms with Crippen LogP contribution >= 0.6 is 17.2 Å². The molecule has 0 aliphatic carbocycles. The summed E-state index contributed by atoms with van der Waals surface area (Å²) in [4.78, 5) is 0. The van der Waals surface area contributed by atoms with E-state index < -0.39 is 5.16 Å². The quantitative estimate of drug-likeness (QED) is 0.119. The third kappa shape index (κ3) is 5.42. The van der Waals surface area contributed by atoms with Gasteiger partial charge in [-0.15, -0.1) is 9.24 Å². The molecule has 6 aromatic rings. The normalized spacial score (nSPS) is 12.2. The molecule has 2 heteroatoms. The minimum absolute atomic E-state index is 0.201. The first kappa shape index (κ1) is 30.7. The maximum Gasteiger partial charge on any atom is 0.0602 e. The minimum atomic E-state index is -0.453. The molecule has 44 heavy (non-hydrogen) atoms. The van der Waals surface area contributed by atoms with Crippen molar-refractivity contribution in [3.63, 3.8) is 0 Å². The van der Waals surface area contributed by atoms with Crippen molar-refractivity contribution < 1.29 is 0 Å². The van der Waals surface area contributed by atoms with Gasteiger partial charge in [-0.25, -0.2) is 0 Å². The van der Waals surface area contributed by atoms with Crippen LogP contribution in [0.15, 0.2) is 121 Å². The van der Waals surface area contributed by atoms with Crippen LogP contribution in [0.2, 0.25) is 0 Å². The molecule has 222 valence electrons. The van der Waals surface area contributed by atoms with Crippen LogP contribution in [-0.4, -0.2) is 11.3 Å². The lowest BCUT2D eigenvalue weighted by Crippen LogP contribution is -2.25. The Hall–Kier alpha value is -3.30. The summed E-state index contributed by atoms with van der Waals surface area (Å²) >= 11 is 0. The van der Waals surface area contributed by atoms with E-state index in [4.69, 9.17) is 0 Å². The molecule has 6 aromatic carbocycles. The highest BCUT2D eigenvalue weighted by atomic mass is 31.1. The number of hydrogen-bond donors (Lipinski definition) is 0. The maximum absolute atomic E-state index is 3.38. The van der Waals surface area contributed by atoms with Gasteiger partial charge in [0.25, 0.3) is 0 Å². The summed E-state index contributed by atoms with van der Waals surface area (Å²) in [6, 6.07) is 45.4. The van der Waals surface area contributed by atoms with E-state index in [1.807, 2.05) is 0 Å². The number of rotatable bonds is 8. The molecule has 0 heterocycles. The number of benzene rings is 6. The van der Waals surface area contributed by atoms with E-state index in [2.05, 4.69) is 172 Å². The summed E-state index contributed by atoms with van der Waals surface area (Å²) in [5, 5.41) is 4.78. The van der Waals surface area contributed by atoms with Crippen molar-refractivity contribution in [2.24, 2.45) is 0 Å². The summed E-state index contributed by atoms with van der Waals surface area (Å²) < 4.78 is 0. The smallest absolute Gasteiger partial charge is 0.0602 e. The predicted octanol–water partition coefficient (Wildman–Crippen LogP) is 12.2. The van der Waals surface area contributed by atoms with Gasteiger partial charge in [0.15, 0.2) is 0 Å². The van der Waals surface area contributed by atoms with Crippen LogP contribution in [0, 0.1) is 13.8 Å². The molecule has 0 N–H and O–H groups in total. The van der Waals surface area contributed by atoms with Crippen molar-refractivity contribution >= 4 is 38.7 Å². The van der Waals surface area contributed by atoms with E-state index in [1.165, 1.54) is 66.1 Å². The van der Waals surface area contributed by atoms with E-state index in [1.54, 1.807) is 0 Å². The van der Waals surface area contributed by atoms with Crippen molar-refractivity contribution in [2.45, 2.75) is 64.2 Å². The van der Waals surface area contributed by atoms with Crippen LogP contribution in [0.5, 0.6) is 0 Å². The molecular weight excluding hydrogens is 566 g/mol. The van der Waals surface area contributed by atoms with Crippen molar-refractivity contribution in [3.05, 3.63) is 155 Å². The third-order valence-corrected chi connectivity index (χ3v) is 13.7. The van der Waals surface area contributed by atoms with Crippen molar-refractivity contribution in [3.8, 4) is 11.1 Å². The van der Waals surface area contributed by atoms with Gasteiger partial charge in [0.1, 0.15) is 0 Å². The predicted molar refractivity (Wildman–Crippen MR) is 200 cm³/mol. The highest BCUT2D eigenvalue weighted by Crippen LogP contribution is 2.55. The van der Waals surface area contributed by atoms with Gasteiger partial charge in [-0.2, -0.15) is 0 Å². The van der Waals surface area contributed by atoms with Gasteiger partial charge < -0.3 is 0 Å². The molecule has 0 fully saturated rings. The molecule has 0 radical (unpaired) electrons. The lowest BCUT2D eigenvalue weighted by Gasteiger charge is -2.37. The van der Waals surface area contributed by atoms with E-state index in [9.17, 15) is 0 Å². The highest BCUT2D eigenvalue weighted by Gasteiger charge is 2.37. The summed E-state index contributed by atoms with van der Waals surface area (Å²) in [7, 11) is 3.18. The van der Waals surface area contributed by atoms with Crippen LogP contribution in [-0.2, 0) is 11.3 Å². The lowest BCUT2D eigenvalue weighted by molar-refractivity contribution is 0.878. The fourth-order valence-electron chi connectivity index (χ4n) is 7.24. The average molecular weight is 611 g/mol. The molecule has 0 spiro atoms. The first-order valence-corrected chi connectivity index (χ1v) is 18.2. The van der Waals surface area contributed by atoms with Gasteiger partial charge in [0, 0.05) is 0 Å². The van der Waals surface area contributed by atoms with Crippen molar-refractivity contribution in [2.75, 3.05) is 0 Å². The molecule has 0 aromatic heterocycles. The monoisotopic (exact) mass is 610 g/mol. The van der Waals surface area contributed by atoms with Gasteiger partial charge in [0.05, 0.1) is 5.16 Å². The molecule has 1 unspecified atom stereocenters. The van der Waals surface area contributed by atoms with Gasteiger partial charge in [-0.05, 0) is 97.4 Å². The Morgan fingerprint density at radius 1 is 0.523 bits per heavy atom. The summed E-state index contributed by atoms with van der Waals surface area (Å²) in [5.74, 6) is 0. The van der Waals surface area contributed by atoms with Crippen LogP contribution in [0.25, 0.3) is 32.7 Å². The van der Waals surface area contributed by atoms with Crippen LogP contribution in [0.3, 0.4) is 0 Å². The first-order valence-electron chi connectivity index (χ1n) is 15.9. The molecule has 0 bridgehead atoms. The zero-order chi connectivity index (χ0) is 31.0. The zero-order valence-corrected chi connectivity index (χ0v) is 29.0. The Morgan fingerprint density at radius 3 is 1.50 bits per heavy atom. The Bertz CT molecular complexity index is 1890. The molecule has 0 nitrogen and oxygen atoms in total. The fraction of sp³-hybridized carbons (Fsp3) is 0.238. The van der Waals surface area contributed by atoms with Gasteiger partial charge in [-0.1, -0.05) is 157 Å². The Morgan fingerprint density at radius 2 is 0.977 bits per heavy atom. The van der Waals surface area contributed by atoms with Gasteiger partial charge in [-0.3, -0.25) is 0 Å². The molecule has 1 atom stereocenters. The standard InChI is InChI=1S/C42H44P2/c1-28(2)44(29(3)4)27-34-24-23-32-17-9-11-19-35(32)40(34)41-36-20-12-10-18-33(36)25-26-39(41)42(43,37-21-13-7-15-30(37)5)38-22-14-8-16-31(38)6/h7-26,28-29H,27,43H2,1-6H3. The Balaban J connectivity index is 1.80. The molecular formula is C42H44P2. The molecule has 0 amide bonds. The SMILES string of the molecule is Cc1ccccc1C(P)(c1ccccc1C)c1ccc2ccccc2c1-c1c(CP(C(C)C)C(C)C)ccc2ccccc12. The van der Waals surface area contributed by atoms with Crippen LogP contribution < -0.4 is 0 Å². The average Bonchev–Trinajstić information content (AvgIpc) is 3.02. The number of hydrogen-bond acceptors (Lipinski definition) is 0. The second kappa shape index (κ2) is 12.6. The molecule has 0 saturated carbocycles. The van der Waals surface area contributed by atoms with Crippen LogP contribution in [0.1, 0.15) is 61.1 Å². The molecule has 6 rings (SSSR count). The fourth-order valence-corrected chi connectivity index (χ4v) is 10.7. The Kier molecular flexibility index (Phi) is 8.79. The second-order valence-electron chi connectivity index (χ2n) is 12.8. The number of fused-ring (bicyclic) bond motifs is 2. The summed E-state index contributed by atoms with van der Waals surface area (Å²) in [6.45, 7) is 14.2. The molecule has 0 aliphatic heterocycles. The maximum atomic E-state index is 3.38. The van der Waals surface area contributed by atoms with Crippen LogP contribution in [0.4, 0.5) is 0 Å². The first-order chi connectivity index (χ1) is 21.2. The Labute approximate surface area is 267 Å². The summed E-state index contributed by atoms with van der Waals surface area (Å²) in [5.41, 5.74) is 12.1. The summed E-state index contributed by atoms with van der Waals surface area (Å²) in [6.07, 6.45) is 1.12. The third-order valence-electron chi connectivity index (χ3n) is 9.44. The van der Waals surface area contributed by atoms with E-state index in [-0.39, 0.29) is 7.92 Å². The highest BCUT2D eigenvalue weighted by molar-refractivity contribution is 7.58. The van der Waals surface area contributed by atoms with Gasteiger partial charge in [0.2, 0.25) is 0 Å². The van der Waals surface area contributed by atoms with E-state index in [0.717, 1.165) is 6.16 Å². The van der Waals surface area contributed by atoms with Gasteiger partial charge >= 0.3 is 0 Å². The van der Waals surface area contributed by atoms with E-state index in [0.29, 0.717) is 11.3 Å². The molecule has 0 saturated heterocycles. The molecule has 0 aliphatic rings. The second-order valence-corrected chi connectivity index (χ2v) is 17.1.